The van der Waals surface area contributed by atoms with Crippen molar-refractivity contribution in [3.63, 3.8) is 0 Å². The van der Waals surface area contributed by atoms with Crippen molar-refractivity contribution in [1.29, 1.82) is 0 Å². The van der Waals surface area contributed by atoms with Crippen LogP contribution in [0.25, 0.3) is 0 Å². The number of nitro groups is 1. The second kappa shape index (κ2) is 4.81. The molecule has 1 saturated heterocycles. The van der Waals surface area contributed by atoms with E-state index in [1.54, 1.807) is 6.20 Å². The predicted octanol–water partition coefficient (Wildman–Crippen LogP) is 1.93. The third kappa shape index (κ3) is 2.32. The summed E-state index contributed by atoms with van der Waals surface area (Å²) in [6, 6.07) is 0. The Balaban J connectivity index is 2.37. The Morgan fingerprint density at radius 2 is 2.39 bits per heavy atom. The Morgan fingerprint density at radius 1 is 1.67 bits per heavy atom. The van der Waals surface area contributed by atoms with Crippen molar-refractivity contribution in [3.05, 3.63) is 27.0 Å². The summed E-state index contributed by atoms with van der Waals surface area (Å²) in [5.74, 6) is 0. The van der Waals surface area contributed by atoms with E-state index in [1.165, 1.54) is 6.20 Å². The average Bonchev–Trinajstić information content (AvgIpc) is 2.72. The number of anilines is 1. The maximum absolute atomic E-state index is 11.1. The van der Waals surface area contributed by atoms with Gasteiger partial charge in [0.15, 0.2) is 0 Å². The molecule has 6 nitrogen and oxygen atoms in total. The van der Waals surface area contributed by atoms with Gasteiger partial charge < -0.3 is 10.6 Å². The molecule has 98 valence electrons. The summed E-state index contributed by atoms with van der Waals surface area (Å²) >= 11 is 3.35. The highest BCUT2D eigenvalue weighted by atomic mass is 79.9. The number of pyridine rings is 1. The average molecular weight is 315 g/mol. The number of hydrogen-bond donors (Lipinski definition) is 1. The molecule has 1 unspecified atom stereocenters. The van der Waals surface area contributed by atoms with E-state index in [1.807, 2.05) is 4.90 Å². The maximum Gasteiger partial charge on any atom is 0.311 e. The monoisotopic (exact) mass is 314 g/mol. The highest BCUT2D eigenvalue weighted by Gasteiger charge is 2.36. The van der Waals surface area contributed by atoms with E-state index in [9.17, 15) is 10.1 Å². The molecule has 2 rings (SSSR count). The molecule has 0 spiro atoms. The zero-order valence-electron chi connectivity index (χ0n) is 10.1. The van der Waals surface area contributed by atoms with Crippen molar-refractivity contribution in [1.82, 2.24) is 4.98 Å². The molecule has 0 bridgehead atoms. The minimum atomic E-state index is -0.398. The molecule has 1 aliphatic rings. The molecule has 1 atom stereocenters. The molecule has 0 saturated carbocycles. The van der Waals surface area contributed by atoms with Gasteiger partial charge in [0.25, 0.3) is 0 Å². The normalized spacial score (nSPS) is 23.4. The molecule has 2 N–H and O–H groups in total. The predicted molar refractivity (Wildman–Crippen MR) is 72.6 cm³/mol. The van der Waals surface area contributed by atoms with E-state index in [2.05, 4.69) is 27.8 Å². The van der Waals surface area contributed by atoms with Crippen molar-refractivity contribution < 1.29 is 4.92 Å². The van der Waals surface area contributed by atoms with Crippen LogP contribution >= 0.6 is 15.9 Å². The molecule has 0 aromatic carbocycles. The Hall–Kier alpha value is -1.21. The molecule has 7 heteroatoms. The Bertz CT molecular complexity index is 482. The Labute approximate surface area is 113 Å². The largest absolute Gasteiger partial charge is 0.364 e. The van der Waals surface area contributed by atoms with Crippen LogP contribution in [0.4, 0.5) is 11.4 Å². The topological polar surface area (TPSA) is 85.3 Å². The van der Waals surface area contributed by atoms with Crippen molar-refractivity contribution in [3.8, 4) is 0 Å². The molecule has 1 aliphatic heterocycles. The lowest BCUT2D eigenvalue weighted by molar-refractivity contribution is -0.384. The van der Waals surface area contributed by atoms with E-state index in [0.29, 0.717) is 16.7 Å². The zero-order valence-corrected chi connectivity index (χ0v) is 11.7. The lowest BCUT2D eigenvalue weighted by Crippen LogP contribution is -2.31. The summed E-state index contributed by atoms with van der Waals surface area (Å²) < 4.78 is 0.651. The van der Waals surface area contributed by atoms with Crippen molar-refractivity contribution in [2.75, 3.05) is 24.5 Å². The standard InChI is InChI=1S/C11H15BrN4O2/c1-11(6-13)2-3-15(7-11)10-8(12)4-14-5-9(10)16(17)18/h4-5H,2-3,6-7,13H2,1H3. The van der Waals surface area contributed by atoms with Gasteiger partial charge in [-0.2, -0.15) is 0 Å². The number of rotatable bonds is 3. The van der Waals surface area contributed by atoms with Crippen molar-refractivity contribution in [2.45, 2.75) is 13.3 Å². The molecular weight excluding hydrogens is 300 g/mol. The summed E-state index contributed by atoms with van der Waals surface area (Å²) in [7, 11) is 0. The lowest BCUT2D eigenvalue weighted by atomic mass is 9.90. The quantitative estimate of drug-likeness (QED) is 0.680. The molecule has 0 aliphatic carbocycles. The van der Waals surface area contributed by atoms with Crippen LogP contribution in [0.1, 0.15) is 13.3 Å². The van der Waals surface area contributed by atoms with Crippen LogP contribution in [-0.4, -0.2) is 29.5 Å². The fraction of sp³-hybridized carbons (Fsp3) is 0.545. The Morgan fingerprint density at radius 3 is 2.94 bits per heavy atom. The van der Waals surface area contributed by atoms with E-state index < -0.39 is 4.92 Å². The first kappa shape index (κ1) is 13.2. The SMILES string of the molecule is CC1(CN)CCN(c2c(Br)cncc2[N+](=O)[O-])C1. The van der Waals surface area contributed by atoms with E-state index in [-0.39, 0.29) is 11.1 Å². The zero-order chi connectivity index (χ0) is 13.3. The number of nitrogens with zero attached hydrogens (tertiary/aromatic N) is 3. The van der Waals surface area contributed by atoms with Gasteiger partial charge in [0.1, 0.15) is 11.9 Å². The number of aromatic nitrogens is 1. The van der Waals surface area contributed by atoms with Gasteiger partial charge in [0.05, 0.1) is 9.40 Å². The molecule has 0 radical (unpaired) electrons. The van der Waals surface area contributed by atoms with Crippen molar-refractivity contribution >= 4 is 27.3 Å². The summed E-state index contributed by atoms with van der Waals surface area (Å²) in [6.07, 6.45) is 3.81. The molecule has 1 aromatic rings. The molecule has 18 heavy (non-hydrogen) atoms. The highest BCUT2D eigenvalue weighted by molar-refractivity contribution is 9.10. The third-order valence-corrected chi connectivity index (χ3v) is 4.00. The van der Waals surface area contributed by atoms with E-state index in [0.717, 1.165) is 19.5 Å². The number of hydrogen-bond acceptors (Lipinski definition) is 5. The van der Waals surface area contributed by atoms with Gasteiger partial charge in [-0.25, -0.2) is 0 Å². The van der Waals surface area contributed by atoms with Crippen LogP contribution in [-0.2, 0) is 0 Å². The summed E-state index contributed by atoms with van der Waals surface area (Å²) in [4.78, 5) is 16.5. The summed E-state index contributed by atoms with van der Waals surface area (Å²) in [5, 5.41) is 11.1. The Kier molecular flexibility index (Phi) is 3.54. The first-order valence-corrected chi connectivity index (χ1v) is 6.49. The summed E-state index contributed by atoms with van der Waals surface area (Å²) in [6.45, 7) is 4.19. The van der Waals surface area contributed by atoms with Crippen LogP contribution in [0.2, 0.25) is 0 Å². The van der Waals surface area contributed by atoms with Crippen LogP contribution in [0, 0.1) is 15.5 Å². The molecule has 1 aromatic heterocycles. The van der Waals surface area contributed by atoms with Gasteiger partial charge in [0.2, 0.25) is 0 Å². The lowest BCUT2D eigenvalue weighted by Gasteiger charge is -2.24. The molecule has 1 fully saturated rings. The van der Waals surface area contributed by atoms with Gasteiger partial charge in [-0.1, -0.05) is 6.92 Å². The van der Waals surface area contributed by atoms with Gasteiger partial charge in [-0.05, 0) is 34.3 Å². The fourth-order valence-corrected chi connectivity index (χ4v) is 2.82. The smallest absolute Gasteiger partial charge is 0.311 e. The van der Waals surface area contributed by atoms with Crippen LogP contribution in [0.3, 0.4) is 0 Å². The first-order valence-electron chi connectivity index (χ1n) is 5.70. The first-order chi connectivity index (χ1) is 8.47. The number of halogens is 1. The summed E-state index contributed by atoms with van der Waals surface area (Å²) in [5.41, 5.74) is 6.42. The van der Waals surface area contributed by atoms with Crippen LogP contribution in [0.15, 0.2) is 16.9 Å². The maximum atomic E-state index is 11.1. The van der Waals surface area contributed by atoms with Crippen LogP contribution in [0.5, 0.6) is 0 Å². The minimum absolute atomic E-state index is 0.0244. The number of nitrogens with two attached hydrogens (primary N) is 1. The fourth-order valence-electron chi connectivity index (χ4n) is 2.25. The third-order valence-electron chi connectivity index (χ3n) is 3.42. The second-order valence-corrected chi connectivity index (χ2v) is 5.79. The second-order valence-electron chi connectivity index (χ2n) is 4.93. The molecule has 2 heterocycles. The van der Waals surface area contributed by atoms with Crippen LogP contribution < -0.4 is 10.6 Å². The minimum Gasteiger partial charge on any atom is -0.364 e. The molecular formula is C11H15BrN4O2. The van der Waals surface area contributed by atoms with Gasteiger partial charge in [-0.15, -0.1) is 0 Å². The molecule has 0 amide bonds. The highest BCUT2D eigenvalue weighted by Crippen LogP contribution is 2.40. The van der Waals surface area contributed by atoms with Gasteiger partial charge in [0, 0.05) is 19.3 Å². The van der Waals surface area contributed by atoms with E-state index >= 15 is 0 Å². The van der Waals surface area contributed by atoms with Gasteiger partial charge in [-0.3, -0.25) is 15.1 Å². The van der Waals surface area contributed by atoms with Crippen molar-refractivity contribution in [2.24, 2.45) is 11.1 Å². The van der Waals surface area contributed by atoms with Gasteiger partial charge >= 0.3 is 5.69 Å². The van der Waals surface area contributed by atoms with E-state index in [4.69, 9.17) is 5.73 Å².